The van der Waals surface area contributed by atoms with Crippen molar-refractivity contribution in [3.63, 3.8) is 0 Å². The Morgan fingerprint density at radius 3 is 2.72 bits per heavy atom. The van der Waals surface area contributed by atoms with Gasteiger partial charge in [-0.15, -0.1) is 0 Å². The van der Waals surface area contributed by atoms with Gasteiger partial charge in [0.2, 0.25) is 11.7 Å². The van der Waals surface area contributed by atoms with E-state index in [9.17, 15) is 0 Å². The molecular weight excluding hydrogens is 228 g/mol. The molecule has 5 heteroatoms. The van der Waals surface area contributed by atoms with Crippen LogP contribution in [0.4, 0.5) is 0 Å². The fourth-order valence-electron chi connectivity index (χ4n) is 2.47. The molecule has 94 valence electrons. The van der Waals surface area contributed by atoms with Crippen LogP contribution in [0.5, 0.6) is 0 Å². The maximum atomic E-state index is 6.12. The van der Waals surface area contributed by atoms with Crippen LogP contribution in [0.15, 0.2) is 29.0 Å². The third-order valence-corrected chi connectivity index (χ3v) is 3.52. The molecular formula is C13H16N4O. The van der Waals surface area contributed by atoms with Crippen molar-refractivity contribution in [1.29, 1.82) is 0 Å². The van der Waals surface area contributed by atoms with E-state index in [4.69, 9.17) is 10.3 Å². The predicted octanol–water partition coefficient (Wildman–Crippen LogP) is 2.12. The Hall–Kier alpha value is -1.75. The van der Waals surface area contributed by atoms with Crippen LogP contribution >= 0.6 is 0 Å². The molecule has 2 N–H and O–H groups in total. The van der Waals surface area contributed by atoms with Gasteiger partial charge < -0.3 is 10.3 Å². The largest absolute Gasteiger partial charge is 0.339 e. The zero-order chi connectivity index (χ0) is 12.4. The van der Waals surface area contributed by atoms with E-state index in [1.807, 2.05) is 12.1 Å². The summed E-state index contributed by atoms with van der Waals surface area (Å²) >= 11 is 0. The van der Waals surface area contributed by atoms with Gasteiger partial charge in [0.05, 0.1) is 5.92 Å². The van der Waals surface area contributed by atoms with Crippen LogP contribution in [-0.2, 0) is 0 Å². The van der Waals surface area contributed by atoms with Crippen LogP contribution in [0, 0.1) is 0 Å². The second kappa shape index (κ2) is 4.86. The number of hydrogen-bond donors (Lipinski definition) is 1. The molecule has 0 amide bonds. The fraction of sp³-hybridized carbons (Fsp3) is 0.462. The lowest BCUT2D eigenvalue weighted by Crippen LogP contribution is -2.31. The Labute approximate surface area is 105 Å². The molecule has 1 saturated carbocycles. The van der Waals surface area contributed by atoms with E-state index in [2.05, 4.69) is 15.1 Å². The van der Waals surface area contributed by atoms with Crippen LogP contribution in [-0.4, -0.2) is 21.2 Å². The number of pyridine rings is 1. The summed E-state index contributed by atoms with van der Waals surface area (Å²) < 4.78 is 5.37. The highest BCUT2D eigenvalue weighted by atomic mass is 16.5. The molecule has 18 heavy (non-hydrogen) atoms. The number of nitrogens with zero attached hydrogens (tertiary/aromatic N) is 3. The molecule has 2 aromatic rings. The zero-order valence-electron chi connectivity index (χ0n) is 10.1. The van der Waals surface area contributed by atoms with Gasteiger partial charge in [-0.1, -0.05) is 18.0 Å². The van der Waals surface area contributed by atoms with Crippen molar-refractivity contribution in [2.24, 2.45) is 5.73 Å². The molecule has 2 aromatic heterocycles. The fourth-order valence-corrected chi connectivity index (χ4v) is 2.47. The first-order chi connectivity index (χ1) is 8.84. The van der Waals surface area contributed by atoms with Crippen LogP contribution in [0.2, 0.25) is 0 Å². The lowest BCUT2D eigenvalue weighted by atomic mass is 9.85. The average molecular weight is 244 g/mol. The molecule has 2 unspecified atom stereocenters. The summed E-state index contributed by atoms with van der Waals surface area (Å²) in [6.45, 7) is 0. The van der Waals surface area contributed by atoms with E-state index in [1.165, 1.54) is 12.8 Å². The van der Waals surface area contributed by atoms with Gasteiger partial charge in [0.15, 0.2) is 0 Å². The molecule has 0 aromatic carbocycles. The molecule has 0 bridgehead atoms. The van der Waals surface area contributed by atoms with Gasteiger partial charge in [-0.05, 0) is 25.0 Å². The molecule has 5 nitrogen and oxygen atoms in total. The number of hydrogen-bond acceptors (Lipinski definition) is 5. The minimum atomic E-state index is 0.143. The van der Waals surface area contributed by atoms with Gasteiger partial charge in [-0.3, -0.25) is 4.98 Å². The molecule has 3 rings (SSSR count). The molecule has 0 spiro atoms. The van der Waals surface area contributed by atoms with E-state index < -0.39 is 0 Å². The molecule has 1 aliphatic carbocycles. The number of aromatic nitrogens is 3. The Morgan fingerprint density at radius 1 is 1.17 bits per heavy atom. The van der Waals surface area contributed by atoms with Crippen molar-refractivity contribution >= 4 is 0 Å². The maximum absolute atomic E-state index is 6.12. The van der Waals surface area contributed by atoms with Gasteiger partial charge in [0.1, 0.15) is 0 Å². The third kappa shape index (κ3) is 2.13. The number of rotatable bonds is 2. The highest BCUT2D eigenvalue weighted by Crippen LogP contribution is 2.31. The van der Waals surface area contributed by atoms with E-state index in [-0.39, 0.29) is 12.0 Å². The highest BCUT2D eigenvalue weighted by Gasteiger charge is 2.28. The molecule has 2 atom stereocenters. The molecule has 1 aliphatic rings. The molecule has 1 fully saturated rings. The standard InChI is InChI=1S/C13H16N4O/c14-11-4-2-1-3-10(11)13-16-12(17-18-13)9-5-7-15-8-6-9/h5-8,10-11H,1-4,14H2. The van der Waals surface area contributed by atoms with Crippen molar-refractivity contribution < 1.29 is 4.52 Å². The van der Waals surface area contributed by atoms with E-state index >= 15 is 0 Å². The van der Waals surface area contributed by atoms with Crippen LogP contribution in [0.1, 0.15) is 37.5 Å². The Kier molecular flexibility index (Phi) is 3.06. The van der Waals surface area contributed by atoms with E-state index in [1.54, 1.807) is 12.4 Å². The monoisotopic (exact) mass is 244 g/mol. The molecule has 0 aliphatic heterocycles. The third-order valence-electron chi connectivity index (χ3n) is 3.52. The van der Waals surface area contributed by atoms with Crippen molar-refractivity contribution in [2.45, 2.75) is 37.6 Å². The smallest absolute Gasteiger partial charge is 0.231 e. The average Bonchev–Trinajstić information content (AvgIpc) is 2.90. The van der Waals surface area contributed by atoms with Crippen LogP contribution in [0.3, 0.4) is 0 Å². The van der Waals surface area contributed by atoms with E-state index in [0.717, 1.165) is 18.4 Å². The van der Waals surface area contributed by atoms with Gasteiger partial charge in [-0.25, -0.2) is 0 Å². The van der Waals surface area contributed by atoms with Crippen LogP contribution in [0.25, 0.3) is 11.4 Å². The lowest BCUT2D eigenvalue weighted by molar-refractivity contribution is 0.290. The van der Waals surface area contributed by atoms with Gasteiger partial charge >= 0.3 is 0 Å². The summed E-state index contributed by atoms with van der Waals surface area (Å²) in [5, 5.41) is 4.03. The lowest BCUT2D eigenvalue weighted by Gasteiger charge is -2.25. The van der Waals surface area contributed by atoms with Crippen molar-refractivity contribution in [2.75, 3.05) is 0 Å². The molecule has 2 heterocycles. The van der Waals surface area contributed by atoms with Crippen molar-refractivity contribution in [1.82, 2.24) is 15.1 Å². The molecule has 0 saturated heterocycles. The maximum Gasteiger partial charge on any atom is 0.231 e. The van der Waals surface area contributed by atoms with Gasteiger partial charge in [-0.2, -0.15) is 4.98 Å². The minimum Gasteiger partial charge on any atom is -0.339 e. The van der Waals surface area contributed by atoms with Crippen molar-refractivity contribution in [3.05, 3.63) is 30.4 Å². The summed E-state index contributed by atoms with van der Waals surface area (Å²) in [7, 11) is 0. The normalized spacial score (nSPS) is 24.1. The summed E-state index contributed by atoms with van der Waals surface area (Å²) in [5.41, 5.74) is 7.04. The highest BCUT2D eigenvalue weighted by molar-refractivity contribution is 5.52. The first-order valence-electron chi connectivity index (χ1n) is 6.34. The quantitative estimate of drug-likeness (QED) is 0.875. The Balaban J connectivity index is 1.85. The summed E-state index contributed by atoms with van der Waals surface area (Å²) in [6, 6.07) is 3.88. The SMILES string of the molecule is NC1CCCCC1c1nc(-c2ccncc2)no1. The number of nitrogens with two attached hydrogens (primary N) is 1. The van der Waals surface area contributed by atoms with Crippen LogP contribution < -0.4 is 5.73 Å². The van der Waals surface area contributed by atoms with E-state index in [0.29, 0.717) is 11.7 Å². The first-order valence-corrected chi connectivity index (χ1v) is 6.34. The second-order valence-corrected chi connectivity index (χ2v) is 4.75. The second-order valence-electron chi connectivity index (χ2n) is 4.75. The summed E-state index contributed by atoms with van der Waals surface area (Å²) in [6.07, 6.45) is 7.90. The summed E-state index contributed by atoms with van der Waals surface area (Å²) in [5.74, 6) is 1.50. The molecule has 0 radical (unpaired) electrons. The first kappa shape index (κ1) is 11.3. The Bertz CT molecular complexity index is 511. The predicted molar refractivity (Wildman–Crippen MR) is 66.7 cm³/mol. The zero-order valence-corrected chi connectivity index (χ0v) is 10.1. The summed E-state index contributed by atoms with van der Waals surface area (Å²) in [4.78, 5) is 8.44. The topological polar surface area (TPSA) is 77.8 Å². The minimum absolute atomic E-state index is 0.143. The Morgan fingerprint density at radius 2 is 1.94 bits per heavy atom. The van der Waals surface area contributed by atoms with Gasteiger partial charge in [0, 0.05) is 24.0 Å². The van der Waals surface area contributed by atoms with Crippen molar-refractivity contribution in [3.8, 4) is 11.4 Å². The van der Waals surface area contributed by atoms with Gasteiger partial charge in [0.25, 0.3) is 0 Å².